The van der Waals surface area contributed by atoms with Crippen LogP contribution in [0.5, 0.6) is 0 Å². The molecule has 0 unspecified atom stereocenters. The van der Waals surface area contributed by atoms with Crippen LogP contribution in [0.15, 0.2) is 17.2 Å². The predicted octanol–water partition coefficient (Wildman–Crippen LogP) is 1.53. The van der Waals surface area contributed by atoms with E-state index in [1.807, 2.05) is 0 Å². The van der Waals surface area contributed by atoms with E-state index in [0.717, 1.165) is 0 Å². The van der Waals surface area contributed by atoms with Gasteiger partial charge in [-0.05, 0) is 18.9 Å². The Balaban J connectivity index is 2.27. The summed E-state index contributed by atoms with van der Waals surface area (Å²) in [6, 6.07) is 1.29. The average molecular weight is 311 g/mol. The fraction of sp³-hybridized carbons (Fsp3) is 0.500. The highest BCUT2D eigenvalue weighted by molar-refractivity contribution is 7.89. The Bertz CT molecular complexity index is 542. The minimum Gasteiger partial charge on any atom is -0.393 e. The number of pyridine rings is 1. The third-order valence-electron chi connectivity index (χ3n) is 2.83. The maximum Gasteiger partial charge on any atom is 0.244 e. The Morgan fingerprint density at radius 1 is 1.33 bits per heavy atom. The zero-order chi connectivity index (χ0) is 13.3. The van der Waals surface area contributed by atoms with Gasteiger partial charge in [0.25, 0.3) is 0 Å². The van der Waals surface area contributed by atoms with Crippen LogP contribution < -0.4 is 0 Å². The monoisotopic (exact) mass is 310 g/mol. The van der Waals surface area contributed by atoms with Gasteiger partial charge in [-0.25, -0.2) is 13.4 Å². The van der Waals surface area contributed by atoms with E-state index >= 15 is 0 Å². The zero-order valence-corrected chi connectivity index (χ0v) is 11.7. The molecule has 8 heteroatoms. The van der Waals surface area contributed by atoms with Gasteiger partial charge in [0.2, 0.25) is 10.0 Å². The molecule has 0 aliphatic carbocycles. The first-order valence-electron chi connectivity index (χ1n) is 5.40. The van der Waals surface area contributed by atoms with Gasteiger partial charge in [0.05, 0.1) is 11.1 Å². The zero-order valence-electron chi connectivity index (χ0n) is 9.38. The SMILES string of the molecule is O=S(=O)(c1cnc(Cl)c(Cl)c1)N1CCC(O)CC1. The summed E-state index contributed by atoms with van der Waals surface area (Å²) < 4.78 is 25.8. The molecule has 1 aromatic rings. The molecule has 2 heterocycles. The van der Waals surface area contributed by atoms with E-state index in [2.05, 4.69) is 4.98 Å². The topological polar surface area (TPSA) is 70.5 Å². The molecule has 0 atom stereocenters. The summed E-state index contributed by atoms with van der Waals surface area (Å²) in [6.45, 7) is 0.591. The minimum absolute atomic E-state index is 0.0216. The van der Waals surface area contributed by atoms with Gasteiger partial charge in [-0.15, -0.1) is 0 Å². The molecule has 0 bridgehead atoms. The third kappa shape index (κ3) is 2.78. The van der Waals surface area contributed by atoms with Crippen molar-refractivity contribution in [2.45, 2.75) is 23.8 Å². The highest BCUT2D eigenvalue weighted by Crippen LogP contribution is 2.25. The number of aromatic nitrogens is 1. The van der Waals surface area contributed by atoms with Gasteiger partial charge < -0.3 is 5.11 Å². The van der Waals surface area contributed by atoms with Crippen LogP contribution in [0.1, 0.15) is 12.8 Å². The summed E-state index contributed by atoms with van der Waals surface area (Å²) in [7, 11) is -3.61. The molecule has 0 aromatic carbocycles. The molecule has 1 aliphatic heterocycles. The van der Waals surface area contributed by atoms with Crippen LogP contribution >= 0.6 is 23.2 Å². The van der Waals surface area contributed by atoms with E-state index in [0.29, 0.717) is 25.9 Å². The molecule has 18 heavy (non-hydrogen) atoms. The lowest BCUT2D eigenvalue weighted by Crippen LogP contribution is -2.40. The summed E-state index contributed by atoms with van der Waals surface area (Å²) in [6.07, 6.45) is 1.64. The van der Waals surface area contributed by atoms with E-state index in [4.69, 9.17) is 23.2 Å². The van der Waals surface area contributed by atoms with Gasteiger partial charge in [0.15, 0.2) is 0 Å². The number of hydrogen-bond donors (Lipinski definition) is 1. The van der Waals surface area contributed by atoms with Crippen molar-refractivity contribution in [3.8, 4) is 0 Å². The van der Waals surface area contributed by atoms with Gasteiger partial charge in [0.1, 0.15) is 10.0 Å². The molecular weight excluding hydrogens is 299 g/mol. The lowest BCUT2D eigenvalue weighted by molar-refractivity contribution is 0.113. The van der Waals surface area contributed by atoms with Gasteiger partial charge in [0, 0.05) is 19.3 Å². The molecular formula is C10H12Cl2N2O3S. The molecule has 1 aromatic heterocycles. The van der Waals surface area contributed by atoms with Crippen LogP contribution in [-0.4, -0.2) is 42.0 Å². The summed E-state index contributed by atoms with van der Waals surface area (Å²) in [5.74, 6) is 0. The number of piperidine rings is 1. The minimum atomic E-state index is -3.61. The number of aliphatic hydroxyl groups excluding tert-OH is 1. The first kappa shape index (κ1) is 14.0. The van der Waals surface area contributed by atoms with E-state index in [1.54, 1.807) is 0 Å². The third-order valence-corrected chi connectivity index (χ3v) is 5.38. The second-order valence-corrected chi connectivity index (χ2v) is 6.78. The highest BCUT2D eigenvalue weighted by atomic mass is 35.5. The number of aliphatic hydroxyl groups is 1. The van der Waals surface area contributed by atoms with Crippen LogP contribution in [0.25, 0.3) is 0 Å². The Hall–Kier alpha value is -0.400. The summed E-state index contributed by atoms with van der Waals surface area (Å²) in [5, 5.41) is 9.55. The van der Waals surface area contributed by atoms with E-state index in [-0.39, 0.29) is 15.1 Å². The second kappa shape index (κ2) is 5.30. The van der Waals surface area contributed by atoms with Gasteiger partial charge in [-0.1, -0.05) is 23.2 Å². The average Bonchev–Trinajstić information content (AvgIpc) is 2.33. The lowest BCUT2D eigenvalue weighted by atomic mass is 10.1. The molecule has 2 rings (SSSR count). The second-order valence-electron chi connectivity index (χ2n) is 4.08. The smallest absolute Gasteiger partial charge is 0.244 e. The highest BCUT2D eigenvalue weighted by Gasteiger charge is 2.29. The molecule has 0 radical (unpaired) electrons. The molecule has 0 saturated carbocycles. The van der Waals surface area contributed by atoms with E-state index < -0.39 is 16.1 Å². The summed E-state index contributed by atoms with van der Waals surface area (Å²) >= 11 is 11.4. The number of rotatable bonds is 2. The van der Waals surface area contributed by atoms with Gasteiger partial charge in [-0.2, -0.15) is 4.31 Å². The van der Waals surface area contributed by atoms with Crippen molar-refractivity contribution in [1.29, 1.82) is 0 Å². The standard InChI is InChI=1S/C10H12Cl2N2O3S/c11-9-5-8(6-13-10(9)12)18(16,17)14-3-1-7(15)2-4-14/h5-7,15H,1-4H2. The fourth-order valence-electron chi connectivity index (χ4n) is 1.78. The van der Waals surface area contributed by atoms with Crippen LogP contribution in [0.3, 0.4) is 0 Å². The molecule has 0 amide bonds. The maximum atomic E-state index is 12.3. The summed E-state index contributed by atoms with van der Waals surface area (Å²) in [5.41, 5.74) is 0. The van der Waals surface area contributed by atoms with E-state index in [9.17, 15) is 13.5 Å². The van der Waals surface area contributed by atoms with Crippen LogP contribution in [-0.2, 0) is 10.0 Å². The van der Waals surface area contributed by atoms with Crippen molar-refractivity contribution in [1.82, 2.24) is 9.29 Å². The van der Waals surface area contributed by atoms with Crippen molar-refractivity contribution in [3.63, 3.8) is 0 Å². The van der Waals surface area contributed by atoms with Crippen molar-refractivity contribution < 1.29 is 13.5 Å². The van der Waals surface area contributed by atoms with Crippen LogP contribution in [0.2, 0.25) is 10.2 Å². The Kier molecular flexibility index (Phi) is 4.13. The molecule has 1 fully saturated rings. The Labute approximate surface area is 115 Å². The van der Waals surface area contributed by atoms with Crippen molar-refractivity contribution in [3.05, 3.63) is 22.4 Å². The predicted molar refractivity (Wildman–Crippen MR) is 68.3 cm³/mol. The van der Waals surface area contributed by atoms with Crippen LogP contribution in [0.4, 0.5) is 0 Å². The van der Waals surface area contributed by atoms with Crippen LogP contribution in [0, 0.1) is 0 Å². The number of halogens is 2. The molecule has 100 valence electrons. The van der Waals surface area contributed by atoms with Crippen molar-refractivity contribution in [2.75, 3.05) is 13.1 Å². The summed E-state index contributed by atoms with van der Waals surface area (Å²) in [4.78, 5) is 3.75. The van der Waals surface area contributed by atoms with Gasteiger partial charge >= 0.3 is 0 Å². The number of nitrogens with zero attached hydrogens (tertiary/aromatic N) is 2. The fourth-order valence-corrected chi connectivity index (χ4v) is 3.55. The largest absolute Gasteiger partial charge is 0.393 e. The molecule has 1 aliphatic rings. The molecule has 1 N–H and O–H groups in total. The lowest BCUT2D eigenvalue weighted by Gasteiger charge is -2.28. The van der Waals surface area contributed by atoms with Gasteiger partial charge in [-0.3, -0.25) is 0 Å². The Morgan fingerprint density at radius 3 is 2.50 bits per heavy atom. The normalized spacial score (nSPS) is 19.1. The van der Waals surface area contributed by atoms with Crippen molar-refractivity contribution in [2.24, 2.45) is 0 Å². The Morgan fingerprint density at radius 2 is 1.94 bits per heavy atom. The number of sulfonamides is 1. The maximum absolute atomic E-state index is 12.3. The molecule has 1 saturated heterocycles. The first-order chi connectivity index (χ1) is 8.41. The molecule has 0 spiro atoms. The van der Waals surface area contributed by atoms with Crippen molar-refractivity contribution >= 4 is 33.2 Å². The number of hydrogen-bond acceptors (Lipinski definition) is 4. The quantitative estimate of drug-likeness (QED) is 0.841. The van der Waals surface area contributed by atoms with E-state index in [1.165, 1.54) is 16.6 Å². The molecule has 5 nitrogen and oxygen atoms in total. The first-order valence-corrected chi connectivity index (χ1v) is 7.60.